The van der Waals surface area contributed by atoms with Crippen molar-refractivity contribution in [2.45, 2.75) is 26.8 Å². The summed E-state index contributed by atoms with van der Waals surface area (Å²) in [6, 6.07) is 12.5. The van der Waals surface area contributed by atoms with Crippen molar-refractivity contribution in [2.24, 2.45) is 0 Å². The number of aliphatic carboxylic acids is 1. The third-order valence-corrected chi connectivity index (χ3v) is 3.94. The van der Waals surface area contributed by atoms with Crippen molar-refractivity contribution in [3.63, 3.8) is 0 Å². The molecule has 0 aliphatic rings. The van der Waals surface area contributed by atoms with Gasteiger partial charge in [-0.05, 0) is 55.7 Å². The fraction of sp³-hybridized carbons (Fsp3) is 0.263. The van der Waals surface area contributed by atoms with E-state index in [1.165, 1.54) is 0 Å². The third kappa shape index (κ3) is 4.35. The summed E-state index contributed by atoms with van der Waals surface area (Å²) in [6.07, 6.45) is 0. The molecule has 0 bridgehead atoms. The summed E-state index contributed by atoms with van der Waals surface area (Å²) in [7, 11) is 0. The lowest BCUT2D eigenvalue weighted by molar-refractivity contribution is -0.139. The molecular weight excluding hydrogens is 306 g/mol. The Kier molecular flexibility index (Phi) is 5.58. The Labute approximate surface area is 141 Å². The van der Waals surface area contributed by atoms with Gasteiger partial charge in [-0.1, -0.05) is 24.3 Å². The van der Waals surface area contributed by atoms with Gasteiger partial charge in [0.25, 0.3) is 5.91 Å². The summed E-state index contributed by atoms with van der Waals surface area (Å²) in [5.41, 5.74) is 3.63. The zero-order chi connectivity index (χ0) is 17.7. The Hall–Kier alpha value is -2.82. The zero-order valence-corrected chi connectivity index (χ0v) is 14.0. The highest BCUT2D eigenvalue weighted by Gasteiger charge is 2.14. The maximum absolute atomic E-state index is 12.4. The molecule has 2 aromatic carbocycles. The van der Waals surface area contributed by atoms with Crippen LogP contribution < -0.4 is 10.1 Å². The fourth-order valence-electron chi connectivity index (χ4n) is 2.35. The van der Waals surface area contributed by atoms with Gasteiger partial charge in [0.15, 0.2) is 6.61 Å². The normalized spacial score (nSPS) is 11.6. The van der Waals surface area contributed by atoms with Crippen LogP contribution in [0.25, 0.3) is 0 Å². The van der Waals surface area contributed by atoms with Gasteiger partial charge in [-0.15, -0.1) is 0 Å². The molecule has 0 aliphatic carbocycles. The lowest BCUT2D eigenvalue weighted by Crippen LogP contribution is -2.27. The van der Waals surface area contributed by atoms with Crippen LogP contribution in [0.2, 0.25) is 0 Å². The highest BCUT2D eigenvalue weighted by atomic mass is 16.5. The summed E-state index contributed by atoms with van der Waals surface area (Å²) in [6.45, 7) is 5.43. The Balaban J connectivity index is 2.03. The summed E-state index contributed by atoms with van der Waals surface area (Å²) in [5, 5.41) is 11.6. The number of carbonyl (C=O) groups is 2. The van der Waals surface area contributed by atoms with E-state index in [4.69, 9.17) is 9.84 Å². The van der Waals surface area contributed by atoms with Crippen LogP contribution >= 0.6 is 0 Å². The summed E-state index contributed by atoms with van der Waals surface area (Å²) in [4.78, 5) is 22.9. The van der Waals surface area contributed by atoms with Crippen molar-refractivity contribution in [3.05, 3.63) is 64.7 Å². The second-order valence-corrected chi connectivity index (χ2v) is 5.69. The lowest BCUT2D eigenvalue weighted by Gasteiger charge is -2.16. The van der Waals surface area contributed by atoms with E-state index in [0.717, 1.165) is 16.7 Å². The minimum atomic E-state index is -1.02. The number of hydrogen-bond donors (Lipinski definition) is 2. The SMILES string of the molecule is Cc1cccc(C(=O)NC(C)c2ccc(OCC(=O)O)cc2)c1C. The number of carbonyl (C=O) groups excluding carboxylic acids is 1. The molecule has 0 spiro atoms. The first-order valence-electron chi connectivity index (χ1n) is 7.70. The minimum absolute atomic E-state index is 0.116. The molecule has 0 saturated carbocycles. The minimum Gasteiger partial charge on any atom is -0.482 e. The number of benzene rings is 2. The Morgan fingerprint density at radius 3 is 2.42 bits per heavy atom. The van der Waals surface area contributed by atoms with Crippen molar-refractivity contribution in [3.8, 4) is 5.75 Å². The quantitative estimate of drug-likeness (QED) is 0.854. The Morgan fingerprint density at radius 1 is 1.12 bits per heavy atom. The monoisotopic (exact) mass is 327 g/mol. The molecule has 5 nitrogen and oxygen atoms in total. The van der Waals surface area contributed by atoms with E-state index >= 15 is 0 Å². The molecule has 0 heterocycles. The van der Waals surface area contributed by atoms with E-state index in [9.17, 15) is 9.59 Å². The number of hydrogen-bond acceptors (Lipinski definition) is 3. The first kappa shape index (κ1) is 17.5. The van der Waals surface area contributed by atoms with E-state index in [1.54, 1.807) is 12.1 Å². The first-order valence-corrected chi connectivity index (χ1v) is 7.70. The maximum atomic E-state index is 12.4. The van der Waals surface area contributed by atoms with Gasteiger partial charge >= 0.3 is 5.97 Å². The Morgan fingerprint density at radius 2 is 1.79 bits per heavy atom. The van der Waals surface area contributed by atoms with Crippen molar-refractivity contribution < 1.29 is 19.4 Å². The van der Waals surface area contributed by atoms with Crippen LogP contribution in [0.3, 0.4) is 0 Å². The first-order chi connectivity index (χ1) is 11.4. The van der Waals surface area contributed by atoms with Crippen LogP contribution in [0.15, 0.2) is 42.5 Å². The molecule has 0 saturated heterocycles. The number of carboxylic acids is 1. The van der Waals surface area contributed by atoms with Crippen molar-refractivity contribution in [1.29, 1.82) is 0 Å². The van der Waals surface area contributed by atoms with Crippen LogP contribution in [-0.4, -0.2) is 23.6 Å². The topological polar surface area (TPSA) is 75.6 Å². The third-order valence-electron chi connectivity index (χ3n) is 3.94. The standard InChI is InChI=1S/C19H21NO4/c1-12-5-4-6-17(13(12)2)19(23)20-14(3)15-7-9-16(10-8-15)24-11-18(21)22/h4-10,14H,11H2,1-3H3,(H,20,23)(H,21,22). The zero-order valence-electron chi connectivity index (χ0n) is 14.0. The number of aryl methyl sites for hydroxylation is 1. The van der Waals surface area contributed by atoms with E-state index in [2.05, 4.69) is 5.32 Å². The van der Waals surface area contributed by atoms with Gasteiger partial charge in [0, 0.05) is 5.56 Å². The predicted octanol–water partition coefficient (Wildman–Crippen LogP) is 3.26. The average Bonchev–Trinajstić information content (AvgIpc) is 2.55. The molecule has 2 rings (SSSR count). The molecule has 0 radical (unpaired) electrons. The molecule has 1 unspecified atom stereocenters. The highest BCUT2D eigenvalue weighted by Crippen LogP contribution is 2.19. The van der Waals surface area contributed by atoms with Gasteiger partial charge in [0.05, 0.1) is 6.04 Å². The van der Waals surface area contributed by atoms with Crippen LogP contribution in [0.5, 0.6) is 5.75 Å². The highest BCUT2D eigenvalue weighted by molar-refractivity contribution is 5.96. The number of rotatable bonds is 6. The molecule has 2 aromatic rings. The van der Waals surface area contributed by atoms with Gasteiger partial charge in [0.2, 0.25) is 0 Å². The van der Waals surface area contributed by atoms with Crippen molar-refractivity contribution in [2.75, 3.05) is 6.61 Å². The molecular formula is C19H21NO4. The van der Waals surface area contributed by atoms with Crippen LogP contribution in [0, 0.1) is 13.8 Å². The molecule has 1 atom stereocenters. The van der Waals surface area contributed by atoms with Gasteiger partial charge in [0.1, 0.15) is 5.75 Å². The molecule has 5 heteroatoms. The molecule has 24 heavy (non-hydrogen) atoms. The maximum Gasteiger partial charge on any atom is 0.341 e. The molecule has 0 aromatic heterocycles. The van der Waals surface area contributed by atoms with E-state index in [0.29, 0.717) is 11.3 Å². The molecule has 2 N–H and O–H groups in total. The van der Waals surface area contributed by atoms with Crippen molar-refractivity contribution in [1.82, 2.24) is 5.32 Å². The molecule has 1 amide bonds. The number of nitrogens with one attached hydrogen (secondary N) is 1. The second kappa shape index (κ2) is 7.64. The summed E-state index contributed by atoms with van der Waals surface area (Å²) < 4.78 is 5.09. The molecule has 0 aliphatic heterocycles. The smallest absolute Gasteiger partial charge is 0.341 e. The molecule has 126 valence electrons. The van der Waals surface area contributed by atoms with Crippen molar-refractivity contribution >= 4 is 11.9 Å². The van der Waals surface area contributed by atoms with E-state index < -0.39 is 5.97 Å². The van der Waals surface area contributed by atoms with Gasteiger partial charge in [-0.2, -0.15) is 0 Å². The van der Waals surface area contributed by atoms with Gasteiger partial charge < -0.3 is 15.2 Å². The van der Waals surface area contributed by atoms with Gasteiger partial charge in [-0.3, -0.25) is 4.79 Å². The number of ether oxygens (including phenoxy) is 1. The number of amides is 1. The molecule has 0 fully saturated rings. The summed E-state index contributed by atoms with van der Waals surface area (Å²) in [5.74, 6) is -0.655. The van der Waals surface area contributed by atoms with Gasteiger partial charge in [-0.25, -0.2) is 4.79 Å². The van der Waals surface area contributed by atoms with Crippen LogP contribution in [0.4, 0.5) is 0 Å². The predicted molar refractivity (Wildman–Crippen MR) is 91.4 cm³/mol. The van der Waals surface area contributed by atoms with Crippen LogP contribution in [0.1, 0.15) is 40.0 Å². The number of carboxylic acid groups (broad SMARTS) is 1. The lowest BCUT2D eigenvalue weighted by atomic mass is 10.0. The average molecular weight is 327 g/mol. The van der Waals surface area contributed by atoms with Crippen LogP contribution in [-0.2, 0) is 4.79 Å². The largest absolute Gasteiger partial charge is 0.482 e. The summed E-state index contributed by atoms with van der Waals surface area (Å²) >= 11 is 0. The fourth-order valence-corrected chi connectivity index (χ4v) is 2.35. The second-order valence-electron chi connectivity index (χ2n) is 5.69. The Bertz CT molecular complexity index is 738. The van der Waals surface area contributed by atoms with E-state index in [1.807, 2.05) is 51.1 Å². The van der Waals surface area contributed by atoms with E-state index in [-0.39, 0.29) is 18.6 Å².